The minimum atomic E-state index is -0.244. The molecule has 0 aliphatic carbocycles. The lowest BCUT2D eigenvalue weighted by Gasteiger charge is -2.09. The Morgan fingerprint density at radius 3 is 2.29 bits per heavy atom. The van der Waals surface area contributed by atoms with E-state index in [1.165, 1.54) is 0 Å². The van der Waals surface area contributed by atoms with E-state index in [1.54, 1.807) is 50.6 Å². The molecule has 0 spiro atoms. The first-order valence-corrected chi connectivity index (χ1v) is 6.42. The Morgan fingerprint density at radius 2 is 1.57 bits per heavy atom. The molecule has 1 amide bonds. The molecule has 2 aromatic carbocycles. The van der Waals surface area contributed by atoms with Crippen molar-refractivity contribution in [3.63, 3.8) is 0 Å². The van der Waals surface area contributed by atoms with Crippen molar-refractivity contribution < 1.29 is 19.0 Å². The van der Waals surface area contributed by atoms with Gasteiger partial charge in [-0.05, 0) is 24.3 Å². The highest BCUT2D eigenvalue weighted by Crippen LogP contribution is 2.19. The van der Waals surface area contributed by atoms with Gasteiger partial charge in [-0.2, -0.15) is 0 Å². The lowest BCUT2D eigenvalue weighted by atomic mass is 10.3. The van der Waals surface area contributed by atoms with E-state index in [1.807, 2.05) is 12.1 Å². The van der Waals surface area contributed by atoms with Crippen LogP contribution >= 0.6 is 0 Å². The molecule has 0 aromatic heterocycles. The molecule has 2 aromatic rings. The zero-order valence-electron chi connectivity index (χ0n) is 12.0. The maximum absolute atomic E-state index is 11.8. The third kappa shape index (κ3) is 4.42. The predicted octanol–water partition coefficient (Wildman–Crippen LogP) is 2.72. The van der Waals surface area contributed by atoms with Crippen molar-refractivity contribution in [2.24, 2.45) is 0 Å². The zero-order chi connectivity index (χ0) is 15.1. The van der Waals surface area contributed by atoms with Crippen LogP contribution in [-0.4, -0.2) is 26.7 Å². The van der Waals surface area contributed by atoms with Crippen LogP contribution in [-0.2, 0) is 4.79 Å². The van der Waals surface area contributed by atoms with Crippen LogP contribution < -0.4 is 19.5 Å². The molecule has 0 aliphatic heterocycles. The minimum Gasteiger partial charge on any atom is -0.497 e. The largest absolute Gasteiger partial charge is 0.497 e. The van der Waals surface area contributed by atoms with E-state index < -0.39 is 0 Å². The smallest absolute Gasteiger partial charge is 0.262 e. The fraction of sp³-hybridized carbons (Fsp3) is 0.188. The first-order valence-electron chi connectivity index (χ1n) is 6.42. The van der Waals surface area contributed by atoms with Gasteiger partial charge < -0.3 is 19.5 Å². The molecule has 1 N–H and O–H groups in total. The number of nitrogens with one attached hydrogen (secondary N) is 1. The molecule has 5 nitrogen and oxygen atoms in total. The quantitative estimate of drug-likeness (QED) is 0.887. The molecule has 0 unspecified atom stereocenters. The molecule has 2 rings (SSSR count). The Kier molecular flexibility index (Phi) is 5.04. The Hall–Kier alpha value is -2.69. The molecule has 21 heavy (non-hydrogen) atoms. The molecule has 0 radical (unpaired) electrons. The average Bonchev–Trinajstić information content (AvgIpc) is 2.53. The summed E-state index contributed by atoms with van der Waals surface area (Å²) in [5.41, 5.74) is 0.661. The van der Waals surface area contributed by atoms with Gasteiger partial charge in [-0.15, -0.1) is 0 Å². The summed E-state index contributed by atoms with van der Waals surface area (Å²) >= 11 is 0. The van der Waals surface area contributed by atoms with Crippen LogP contribution in [0.25, 0.3) is 0 Å². The van der Waals surface area contributed by atoms with Crippen molar-refractivity contribution in [2.75, 3.05) is 26.1 Å². The molecule has 5 heteroatoms. The average molecular weight is 287 g/mol. The van der Waals surface area contributed by atoms with E-state index in [0.29, 0.717) is 22.9 Å². The highest BCUT2D eigenvalue weighted by atomic mass is 16.5. The van der Waals surface area contributed by atoms with Gasteiger partial charge in [0.2, 0.25) is 0 Å². The molecule has 0 aliphatic rings. The van der Waals surface area contributed by atoms with Gasteiger partial charge >= 0.3 is 0 Å². The molecule has 0 fully saturated rings. The highest BCUT2D eigenvalue weighted by molar-refractivity contribution is 5.92. The molecular formula is C16H17NO4. The number of carbonyl (C=O) groups excluding carboxylic acids is 1. The summed E-state index contributed by atoms with van der Waals surface area (Å²) in [6.07, 6.45) is 0. The van der Waals surface area contributed by atoms with Gasteiger partial charge in [-0.25, -0.2) is 0 Å². The molecule has 0 bridgehead atoms. The third-order valence-electron chi connectivity index (χ3n) is 2.76. The number of carbonyl (C=O) groups is 1. The predicted molar refractivity (Wildman–Crippen MR) is 80.1 cm³/mol. The number of anilines is 1. The molecule has 0 atom stereocenters. The SMILES string of the molecule is COc1cccc(NC(=O)COc2cccc(OC)c2)c1. The summed E-state index contributed by atoms with van der Waals surface area (Å²) in [5.74, 6) is 1.70. The van der Waals surface area contributed by atoms with Crippen molar-refractivity contribution in [3.8, 4) is 17.2 Å². The Bertz CT molecular complexity index is 613. The van der Waals surface area contributed by atoms with Crippen LogP contribution in [0.5, 0.6) is 17.2 Å². The van der Waals surface area contributed by atoms with Crippen LogP contribution in [0.3, 0.4) is 0 Å². The lowest BCUT2D eigenvalue weighted by Crippen LogP contribution is -2.20. The first-order chi connectivity index (χ1) is 10.2. The Labute approximate surface area is 123 Å². The van der Waals surface area contributed by atoms with Crippen molar-refractivity contribution >= 4 is 11.6 Å². The summed E-state index contributed by atoms with van der Waals surface area (Å²) in [5, 5.41) is 2.74. The van der Waals surface area contributed by atoms with E-state index in [4.69, 9.17) is 14.2 Å². The number of methoxy groups -OCH3 is 2. The van der Waals surface area contributed by atoms with Crippen molar-refractivity contribution in [1.29, 1.82) is 0 Å². The second-order valence-corrected chi connectivity index (χ2v) is 4.25. The normalized spacial score (nSPS) is 9.81. The Balaban J connectivity index is 1.89. The van der Waals surface area contributed by atoms with E-state index in [9.17, 15) is 4.79 Å². The Morgan fingerprint density at radius 1 is 0.952 bits per heavy atom. The number of hydrogen-bond donors (Lipinski definition) is 1. The van der Waals surface area contributed by atoms with Crippen LogP contribution in [0.2, 0.25) is 0 Å². The van der Waals surface area contributed by atoms with Gasteiger partial charge in [-0.1, -0.05) is 12.1 Å². The number of rotatable bonds is 6. The standard InChI is InChI=1S/C16H17NO4/c1-19-13-6-3-5-12(9-13)17-16(18)11-21-15-8-4-7-14(10-15)20-2/h3-10H,11H2,1-2H3,(H,17,18). The summed E-state index contributed by atoms with van der Waals surface area (Å²) in [7, 11) is 3.15. The van der Waals surface area contributed by atoms with Crippen molar-refractivity contribution in [1.82, 2.24) is 0 Å². The summed E-state index contributed by atoms with van der Waals surface area (Å²) in [4.78, 5) is 11.8. The van der Waals surface area contributed by atoms with Crippen LogP contribution in [0, 0.1) is 0 Å². The van der Waals surface area contributed by atoms with Crippen molar-refractivity contribution in [3.05, 3.63) is 48.5 Å². The van der Waals surface area contributed by atoms with E-state index >= 15 is 0 Å². The maximum atomic E-state index is 11.8. The number of hydrogen-bond acceptors (Lipinski definition) is 4. The molecule has 0 saturated heterocycles. The van der Waals surface area contributed by atoms with Gasteiger partial charge in [0.1, 0.15) is 17.2 Å². The second kappa shape index (κ2) is 7.19. The first kappa shape index (κ1) is 14.7. The molecule has 110 valence electrons. The van der Waals surface area contributed by atoms with E-state index in [0.717, 1.165) is 0 Å². The topological polar surface area (TPSA) is 56.8 Å². The van der Waals surface area contributed by atoms with Gasteiger partial charge in [0.25, 0.3) is 5.91 Å². The van der Waals surface area contributed by atoms with Gasteiger partial charge in [0.15, 0.2) is 6.61 Å². The molecule has 0 saturated carbocycles. The van der Waals surface area contributed by atoms with Crippen LogP contribution in [0.15, 0.2) is 48.5 Å². The van der Waals surface area contributed by atoms with Crippen molar-refractivity contribution in [2.45, 2.75) is 0 Å². The van der Waals surface area contributed by atoms with Gasteiger partial charge in [0.05, 0.1) is 14.2 Å². The number of amides is 1. The van der Waals surface area contributed by atoms with Gasteiger partial charge in [-0.3, -0.25) is 4.79 Å². The number of ether oxygens (including phenoxy) is 3. The maximum Gasteiger partial charge on any atom is 0.262 e. The number of benzene rings is 2. The fourth-order valence-electron chi connectivity index (χ4n) is 1.74. The molecule has 0 heterocycles. The molecular weight excluding hydrogens is 270 g/mol. The van der Waals surface area contributed by atoms with Crippen LogP contribution in [0.4, 0.5) is 5.69 Å². The third-order valence-corrected chi connectivity index (χ3v) is 2.76. The van der Waals surface area contributed by atoms with Gasteiger partial charge in [0, 0.05) is 17.8 Å². The second-order valence-electron chi connectivity index (χ2n) is 4.25. The summed E-state index contributed by atoms with van der Waals surface area (Å²) < 4.78 is 15.6. The lowest BCUT2D eigenvalue weighted by molar-refractivity contribution is -0.118. The highest BCUT2D eigenvalue weighted by Gasteiger charge is 2.05. The summed E-state index contributed by atoms with van der Waals surface area (Å²) in [6.45, 7) is -0.0790. The fourth-order valence-corrected chi connectivity index (χ4v) is 1.74. The summed E-state index contributed by atoms with van der Waals surface area (Å²) in [6, 6.07) is 14.2. The minimum absolute atomic E-state index is 0.0790. The van der Waals surface area contributed by atoms with Crippen LogP contribution in [0.1, 0.15) is 0 Å². The van der Waals surface area contributed by atoms with E-state index in [-0.39, 0.29) is 12.5 Å². The zero-order valence-corrected chi connectivity index (χ0v) is 12.0. The van der Waals surface area contributed by atoms with E-state index in [2.05, 4.69) is 5.32 Å². The monoisotopic (exact) mass is 287 g/mol.